The molecule has 3 rings (SSSR count). The summed E-state index contributed by atoms with van der Waals surface area (Å²) in [5.41, 5.74) is 2.28. The first-order valence-corrected chi connectivity index (χ1v) is 9.17. The van der Waals surface area contributed by atoms with E-state index >= 15 is 0 Å². The second-order valence-corrected chi connectivity index (χ2v) is 7.01. The SMILES string of the molecule is CCn1cc(C(=O)NCC2CCCCCC2)c2c(C)cc(F)cc21. The van der Waals surface area contributed by atoms with E-state index in [4.69, 9.17) is 0 Å². The second-order valence-electron chi connectivity index (χ2n) is 7.01. The molecule has 24 heavy (non-hydrogen) atoms. The maximum absolute atomic E-state index is 13.7. The van der Waals surface area contributed by atoms with Gasteiger partial charge in [0.2, 0.25) is 0 Å². The van der Waals surface area contributed by atoms with Crippen molar-refractivity contribution in [2.24, 2.45) is 5.92 Å². The molecule has 0 spiro atoms. The van der Waals surface area contributed by atoms with Gasteiger partial charge in [-0.25, -0.2) is 4.39 Å². The molecule has 1 fully saturated rings. The third kappa shape index (κ3) is 3.47. The van der Waals surface area contributed by atoms with E-state index in [1.54, 1.807) is 0 Å². The zero-order chi connectivity index (χ0) is 17.1. The Morgan fingerprint density at radius 2 is 1.96 bits per heavy atom. The summed E-state index contributed by atoms with van der Waals surface area (Å²) in [6.07, 6.45) is 9.46. The number of hydrogen-bond donors (Lipinski definition) is 1. The highest BCUT2D eigenvalue weighted by Gasteiger charge is 2.19. The largest absolute Gasteiger partial charge is 0.352 e. The second kappa shape index (κ2) is 7.37. The summed E-state index contributed by atoms with van der Waals surface area (Å²) in [7, 11) is 0. The summed E-state index contributed by atoms with van der Waals surface area (Å²) in [6.45, 7) is 5.34. The lowest BCUT2D eigenvalue weighted by Crippen LogP contribution is -2.29. The Bertz CT molecular complexity index is 727. The van der Waals surface area contributed by atoms with Crippen LogP contribution in [0.1, 0.15) is 61.4 Å². The number of halogens is 1. The van der Waals surface area contributed by atoms with Crippen LogP contribution in [-0.2, 0) is 6.54 Å². The van der Waals surface area contributed by atoms with E-state index in [9.17, 15) is 9.18 Å². The summed E-state index contributed by atoms with van der Waals surface area (Å²) in [6, 6.07) is 3.03. The number of carbonyl (C=O) groups excluding carboxylic acids is 1. The summed E-state index contributed by atoms with van der Waals surface area (Å²) in [5.74, 6) is 0.305. The fourth-order valence-electron chi connectivity index (χ4n) is 3.93. The molecule has 0 radical (unpaired) electrons. The van der Waals surface area contributed by atoms with E-state index in [0.29, 0.717) is 11.5 Å². The van der Waals surface area contributed by atoms with Crippen LogP contribution < -0.4 is 5.32 Å². The van der Waals surface area contributed by atoms with Gasteiger partial charge in [-0.3, -0.25) is 4.79 Å². The fourth-order valence-corrected chi connectivity index (χ4v) is 3.93. The third-order valence-corrected chi connectivity index (χ3v) is 5.25. The lowest BCUT2D eigenvalue weighted by atomic mass is 10.00. The smallest absolute Gasteiger partial charge is 0.253 e. The molecule has 2 aromatic rings. The molecule has 0 aliphatic heterocycles. The molecule has 3 nitrogen and oxygen atoms in total. The van der Waals surface area contributed by atoms with Crippen LogP contribution in [0.5, 0.6) is 0 Å². The first-order valence-electron chi connectivity index (χ1n) is 9.17. The summed E-state index contributed by atoms with van der Waals surface area (Å²) in [4.78, 5) is 12.7. The van der Waals surface area contributed by atoms with E-state index < -0.39 is 0 Å². The molecule has 1 saturated carbocycles. The molecule has 1 aliphatic rings. The maximum Gasteiger partial charge on any atom is 0.253 e. The average Bonchev–Trinajstić information content (AvgIpc) is 2.74. The van der Waals surface area contributed by atoms with Crippen molar-refractivity contribution < 1.29 is 9.18 Å². The molecule has 130 valence electrons. The lowest BCUT2D eigenvalue weighted by molar-refractivity contribution is 0.0947. The molecule has 0 bridgehead atoms. The Balaban J connectivity index is 1.81. The molecular weight excluding hydrogens is 303 g/mol. The molecule has 1 heterocycles. The van der Waals surface area contributed by atoms with Crippen molar-refractivity contribution in [3.8, 4) is 0 Å². The van der Waals surface area contributed by atoms with Crippen molar-refractivity contribution in [3.05, 3.63) is 35.3 Å². The quantitative estimate of drug-likeness (QED) is 0.802. The number of amides is 1. The van der Waals surface area contributed by atoms with Gasteiger partial charge in [-0.15, -0.1) is 0 Å². The number of aromatic nitrogens is 1. The topological polar surface area (TPSA) is 34.0 Å². The number of nitrogens with one attached hydrogen (secondary N) is 1. The van der Waals surface area contributed by atoms with E-state index in [-0.39, 0.29) is 11.7 Å². The van der Waals surface area contributed by atoms with Gasteiger partial charge in [0.15, 0.2) is 0 Å². The van der Waals surface area contributed by atoms with Gasteiger partial charge in [0, 0.05) is 24.7 Å². The van der Waals surface area contributed by atoms with Crippen LogP contribution >= 0.6 is 0 Å². The zero-order valence-electron chi connectivity index (χ0n) is 14.7. The van der Waals surface area contributed by atoms with Crippen LogP contribution in [0.15, 0.2) is 18.3 Å². The molecule has 1 aliphatic carbocycles. The van der Waals surface area contributed by atoms with Gasteiger partial charge in [0.05, 0.1) is 11.1 Å². The Labute approximate surface area is 143 Å². The number of nitrogens with zero attached hydrogens (tertiary/aromatic N) is 1. The number of aryl methyl sites for hydroxylation is 2. The van der Waals surface area contributed by atoms with Crippen molar-refractivity contribution in [3.63, 3.8) is 0 Å². The van der Waals surface area contributed by atoms with Gasteiger partial charge in [-0.05, 0) is 50.3 Å². The van der Waals surface area contributed by atoms with Crippen molar-refractivity contribution >= 4 is 16.8 Å². The molecule has 0 saturated heterocycles. The Hall–Kier alpha value is -1.84. The molecule has 0 atom stereocenters. The lowest BCUT2D eigenvalue weighted by Gasteiger charge is -2.14. The van der Waals surface area contributed by atoms with Gasteiger partial charge in [-0.2, -0.15) is 0 Å². The Kier molecular flexibility index (Phi) is 5.22. The Morgan fingerprint density at radius 1 is 1.25 bits per heavy atom. The minimum atomic E-state index is -0.252. The number of rotatable bonds is 4. The predicted octanol–water partition coefficient (Wildman–Crippen LogP) is 4.81. The number of fused-ring (bicyclic) bond motifs is 1. The molecule has 1 aromatic heterocycles. The zero-order valence-corrected chi connectivity index (χ0v) is 14.7. The van der Waals surface area contributed by atoms with Crippen molar-refractivity contribution in [1.29, 1.82) is 0 Å². The highest BCUT2D eigenvalue weighted by molar-refractivity contribution is 6.08. The van der Waals surface area contributed by atoms with Crippen LogP contribution in [0.3, 0.4) is 0 Å². The minimum absolute atomic E-state index is 0.0360. The highest BCUT2D eigenvalue weighted by atomic mass is 19.1. The van der Waals surface area contributed by atoms with Crippen LogP contribution in [0.25, 0.3) is 10.9 Å². The van der Waals surface area contributed by atoms with E-state index in [1.165, 1.54) is 50.7 Å². The van der Waals surface area contributed by atoms with Crippen LogP contribution in [0, 0.1) is 18.7 Å². The van der Waals surface area contributed by atoms with E-state index in [2.05, 4.69) is 5.32 Å². The van der Waals surface area contributed by atoms with Gasteiger partial charge in [0.1, 0.15) is 5.82 Å². The maximum atomic E-state index is 13.7. The Morgan fingerprint density at radius 3 is 2.62 bits per heavy atom. The molecule has 4 heteroatoms. The monoisotopic (exact) mass is 330 g/mol. The summed E-state index contributed by atoms with van der Waals surface area (Å²) in [5, 5.41) is 3.99. The summed E-state index contributed by atoms with van der Waals surface area (Å²) >= 11 is 0. The standard InChI is InChI=1S/C20H27FN2O/c1-3-23-13-17(19-14(2)10-16(21)11-18(19)23)20(24)22-12-15-8-6-4-5-7-9-15/h10-11,13,15H,3-9,12H2,1-2H3,(H,22,24). The van der Waals surface area contributed by atoms with Gasteiger partial charge < -0.3 is 9.88 Å². The highest BCUT2D eigenvalue weighted by Crippen LogP contribution is 2.27. The normalized spacial score (nSPS) is 16.3. The molecule has 0 unspecified atom stereocenters. The molecule has 1 amide bonds. The summed E-state index contributed by atoms with van der Waals surface area (Å²) < 4.78 is 15.7. The van der Waals surface area contributed by atoms with Gasteiger partial charge in [-0.1, -0.05) is 25.7 Å². The minimum Gasteiger partial charge on any atom is -0.352 e. The van der Waals surface area contributed by atoms with Crippen molar-refractivity contribution in [1.82, 2.24) is 9.88 Å². The van der Waals surface area contributed by atoms with Gasteiger partial charge in [0.25, 0.3) is 5.91 Å². The van der Waals surface area contributed by atoms with Crippen LogP contribution in [0.4, 0.5) is 4.39 Å². The number of hydrogen-bond acceptors (Lipinski definition) is 1. The van der Waals surface area contributed by atoms with Crippen LogP contribution in [0.2, 0.25) is 0 Å². The average molecular weight is 330 g/mol. The number of benzene rings is 1. The number of carbonyl (C=O) groups is 1. The first-order chi connectivity index (χ1) is 11.6. The molecule has 1 aromatic carbocycles. The van der Waals surface area contributed by atoms with E-state index in [1.807, 2.05) is 24.6 Å². The third-order valence-electron chi connectivity index (χ3n) is 5.25. The van der Waals surface area contributed by atoms with Gasteiger partial charge >= 0.3 is 0 Å². The van der Waals surface area contributed by atoms with Crippen molar-refractivity contribution in [2.75, 3.05) is 6.54 Å². The van der Waals surface area contributed by atoms with Crippen molar-refractivity contribution in [2.45, 2.75) is 58.9 Å². The van der Waals surface area contributed by atoms with E-state index in [0.717, 1.165) is 29.6 Å². The first kappa shape index (κ1) is 17.0. The van der Waals surface area contributed by atoms with Crippen LogP contribution in [-0.4, -0.2) is 17.0 Å². The predicted molar refractivity (Wildman–Crippen MR) is 95.8 cm³/mol. The molecule has 1 N–H and O–H groups in total. The molecular formula is C20H27FN2O. The fraction of sp³-hybridized carbons (Fsp3) is 0.550.